The van der Waals surface area contributed by atoms with Crippen molar-refractivity contribution in [3.8, 4) is 11.3 Å². The van der Waals surface area contributed by atoms with Crippen molar-refractivity contribution in [2.24, 2.45) is 0 Å². The van der Waals surface area contributed by atoms with E-state index in [-0.39, 0.29) is 5.91 Å². The zero-order valence-corrected chi connectivity index (χ0v) is 11.9. The van der Waals surface area contributed by atoms with Gasteiger partial charge in [-0.05, 0) is 24.1 Å². The third-order valence-electron chi connectivity index (χ3n) is 3.44. The van der Waals surface area contributed by atoms with Crippen LogP contribution in [0.1, 0.15) is 12.5 Å². The Morgan fingerprint density at radius 2 is 2.00 bits per heavy atom. The van der Waals surface area contributed by atoms with Gasteiger partial charge < -0.3 is 10.3 Å². The molecule has 0 spiro atoms. The van der Waals surface area contributed by atoms with Gasteiger partial charge in [0.2, 0.25) is 5.91 Å². The molecule has 3 rings (SSSR count). The highest BCUT2D eigenvalue weighted by Crippen LogP contribution is 2.22. The summed E-state index contributed by atoms with van der Waals surface area (Å²) in [7, 11) is 0. The number of hydrogen-bond donors (Lipinski definition) is 2. The first-order chi connectivity index (χ1) is 10.2. The Balaban J connectivity index is 1.91. The van der Waals surface area contributed by atoms with Gasteiger partial charge in [-0.2, -0.15) is 0 Å². The zero-order valence-electron chi connectivity index (χ0n) is 11.9. The van der Waals surface area contributed by atoms with Gasteiger partial charge in [0, 0.05) is 25.2 Å². The summed E-state index contributed by atoms with van der Waals surface area (Å²) < 4.78 is 0. The molecule has 21 heavy (non-hydrogen) atoms. The molecule has 4 nitrogen and oxygen atoms in total. The number of hydrogen-bond acceptors (Lipinski definition) is 2. The number of fused-ring (bicyclic) bond motifs is 1. The number of aromatic nitrogens is 2. The molecule has 106 valence electrons. The summed E-state index contributed by atoms with van der Waals surface area (Å²) in [5, 5.41) is 2.81. The van der Waals surface area contributed by atoms with Crippen molar-refractivity contribution in [3.63, 3.8) is 0 Å². The molecule has 2 heterocycles. The van der Waals surface area contributed by atoms with Crippen LogP contribution in [0.15, 0.2) is 48.7 Å². The number of aromatic amines is 1. The molecular formula is C17H17N3O. The van der Waals surface area contributed by atoms with E-state index in [1.165, 1.54) is 6.92 Å². The van der Waals surface area contributed by atoms with Crippen molar-refractivity contribution in [2.45, 2.75) is 13.3 Å². The van der Waals surface area contributed by atoms with Crippen LogP contribution in [0.2, 0.25) is 0 Å². The fraction of sp³-hybridized carbons (Fsp3) is 0.176. The fourth-order valence-corrected chi connectivity index (χ4v) is 2.39. The lowest BCUT2D eigenvalue weighted by Crippen LogP contribution is -2.22. The number of benzene rings is 1. The number of rotatable bonds is 4. The molecule has 3 aromatic rings. The molecular weight excluding hydrogens is 262 g/mol. The number of pyridine rings is 1. The highest BCUT2D eigenvalue weighted by Gasteiger charge is 2.07. The second-order valence-corrected chi connectivity index (χ2v) is 5.01. The van der Waals surface area contributed by atoms with Crippen molar-refractivity contribution < 1.29 is 4.79 Å². The maximum Gasteiger partial charge on any atom is 0.216 e. The summed E-state index contributed by atoms with van der Waals surface area (Å²) in [5.74, 6) is -0.00669. The Labute approximate surface area is 123 Å². The number of carbonyl (C=O) groups excluding carboxylic acids is 1. The van der Waals surface area contributed by atoms with Crippen LogP contribution in [-0.2, 0) is 11.2 Å². The monoisotopic (exact) mass is 279 g/mol. The molecule has 1 amide bonds. The summed E-state index contributed by atoms with van der Waals surface area (Å²) >= 11 is 0. The standard InChI is InChI=1S/C17H17N3O/c1-12(21)18-10-9-14-11-19-16-8-7-15(20-17(14)16)13-5-3-2-4-6-13/h2-8,11,19H,9-10H2,1H3,(H,18,21). The lowest BCUT2D eigenvalue weighted by atomic mass is 10.1. The molecule has 0 aliphatic carbocycles. The SMILES string of the molecule is CC(=O)NCCc1c[nH]c2ccc(-c3ccccc3)nc12. The predicted octanol–water partition coefficient (Wildman–Crippen LogP) is 2.91. The van der Waals surface area contributed by atoms with Crippen LogP contribution in [0.25, 0.3) is 22.3 Å². The van der Waals surface area contributed by atoms with Gasteiger partial charge in [-0.3, -0.25) is 4.79 Å². The van der Waals surface area contributed by atoms with Crippen molar-refractivity contribution in [1.82, 2.24) is 15.3 Å². The molecule has 0 atom stereocenters. The summed E-state index contributed by atoms with van der Waals surface area (Å²) in [5.41, 5.74) is 5.18. The van der Waals surface area contributed by atoms with E-state index < -0.39 is 0 Å². The molecule has 0 bridgehead atoms. The molecule has 0 unspecified atom stereocenters. The van der Waals surface area contributed by atoms with Gasteiger partial charge in [0.05, 0.1) is 16.7 Å². The van der Waals surface area contributed by atoms with E-state index in [1.54, 1.807) is 0 Å². The molecule has 0 aliphatic heterocycles. The van der Waals surface area contributed by atoms with Gasteiger partial charge in [0.25, 0.3) is 0 Å². The van der Waals surface area contributed by atoms with E-state index in [4.69, 9.17) is 4.98 Å². The normalized spacial score (nSPS) is 10.7. The number of carbonyl (C=O) groups is 1. The molecule has 4 heteroatoms. The van der Waals surface area contributed by atoms with E-state index in [1.807, 2.05) is 36.5 Å². The van der Waals surface area contributed by atoms with Crippen molar-refractivity contribution in [1.29, 1.82) is 0 Å². The number of H-pyrrole nitrogens is 1. The lowest BCUT2D eigenvalue weighted by molar-refractivity contribution is -0.118. The molecule has 0 fully saturated rings. The third-order valence-corrected chi connectivity index (χ3v) is 3.44. The fourth-order valence-electron chi connectivity index (χ4n) is 2.39. The second-order valence-electron chi connectivity index (χ2n) is 5.01. The van der Waals surface area contributed by atoms with Gasteiger partial charge in [-0.25, -0.2) is 4.98 Å². The van der Waals surface area contributed by atoms with E-state index in [0.717, 1.165) is 34.3 Å². The highest BCUT2D eigenvalue weighted by molar-refractivity contribution is 5.82. The molecule has 0 saturated carbocycles. The highest BCUT2D eigenvalue weighted by atomic mass is 16.1. The maximum atomic E-state index is 10.9. The van der Waals surface area contributed by atoms with Crippen LogP contribution in [-0.4, -0.2) is 22.4 Å². The van der Waals surface area contributed by atoms with Crippen molar-refractivity contribution in [3.05, 3.63) is 54.2 Å². The smallest absolute Gasteiger partial charge is 0.216 e. The van der Waals surface area contributed by atoms with Crippen LogP contribution in [0.5, 0.6) is 0 Å². The van der Waals surface area contributed by atoms with Crippen LogP contribution in [0.4, 0.5) is 0 Å². The molecule has 0 radical (unpaired) electrons. The molecule has 2 aromatic heterocycles. The Bertz CT molecular complexity index is 762. The summed E-state index contributed by atoms with van der Waals surface area (Å²) in [6.07, 6.45) is 2.74. The largest absolute Gasteiger partial charge is 0.360 e. The van der Waals surface area contributed by atoms with E-state index in [9.17, 15) is 4.79 Å². The first kappa shape index (κ1) is 13.4. The summed E-state index contributed by atoms with van der Waals surface area (Å²) in [4.78, 5) is 18.9. The first-order valence-corrected chi connectivity index (χ1v) is 7.01. The average Bonchev–Trinajstić information content (AvgIpc) is 2.90. The van der Waals surface area contributed by atoms with E-state index in [2.05, 4.69) is 22.4 Å². The number of nitrogens with one attached hydrogen (secondary N) is 2. The predicted molar refractivity (Wildman–Crippen MR) is 83.9 cm³/mol. The maximum absolute atomic E-state index is 10.9. The lowest BCUT2D eigenvalue weighted by Gasteiger charge is -2.03. The minimum Gasteiger partial charge on any atom is -0.360 e. The Hall–Kier alpha value is -2.62. The van der Waals surface area contributed by atoms with Gasteiger partial charge in [-0.1, -0.05) is 30.3 Å². The Morgan fingerprint density at radius 1 is 1.19 bits per heavy atom. The topological polar surface area (TPSA) is 57.8 Å². The van der Waals surface area contributed by atoms with Gasteiger partial charge in [-0.15, -0.1) is 0 Å². The Morgan fingerprint density at radius 3 is 2.76 bits per heavy atom. The van der Waals surface area contributed by atoms with Crippen LogP contribution in [0, 0.1) is 0 Å². The molecule has 0 aliphatic rings. The minimum atomic E-state index is -0.00669. The van der Waals surface area contributed by atoms with Crippen molar-refractivity contribution in [2.75, 3.05) is 6.54 Å². The molecule has 2 N–H and O–H groups in total. The minimum absolute atomic E-state index is 0.00669. The Kier molecular flexibility index (Phi) is 3.69. The molecule has 0 saturated heterocycles. The van der Waals surface area contributed by atoms with Crippen LogP contribution < -0.4 is 5.32 Å². The van der Waals surface area contributed by atoms with Crippen LogP contribution >= 0.6 is 0 Å². The zero-order chi connectivity index (χ0) is 14.7. The van der Waals surface area contributed by atoms with Gasteiger partial charge in [0.15, 0.2) is 0 Å². The second kappa shape index (κ2) is 5.79. The summed E-state index contributed by atoms with van der Waals surface area (Å²) in [6.45, 7) is 2.15. The van der Waals surface area contributed by atoms with Gasteiger partial charge in [0.1, 0.15) is 0 Å². The number of amides is 1. The first-order valence-electron chi connectivity index (χ1n) is 7.01. The van der Waals surface area contributed by atoms with Gasteiger partial charge >= 0.3 is 0 Å². The third kappa shape index (κ3) is 2.94. The van der Waals surface area contributed by atoms with Crippen molar-refractivity contribution >= 4 is 16.9 Å². The van der Waals surface area contributed by atoms with E-state index >= 15 is 0 Å². The quantitative estimate of drug-likeness (QED) is 0.771. The molecule has 1 aromatic carbocycles. The summed E-state index contributed by atoms with van der Waals surface area (Å²) in [6, 6.07) is 14.2. The number of nitrogens with zero attached hydrogens (tertiary/aromatic N) is 1. The van der Waals surface area contributed by atoms with Crippen LogP contribution in [0.3, 0.4) is 0 Å². The van der Waals surface area contributed by atoms with E-state index in [0.29, 0.717) is 6.54 Å². The average molecular weight is 279 g/mol.